The van der Waals surface area contributed by atoms with Crippen molar-refractivity contribution in [2.45, 2.75) is 19.3 Å². The second-order valence-corrected chi connectivity index (χ2v) is 7.93. The molecule has 1 fully saturated rings. The van der Waals surface area contributed by atoms with Gasteiger partial charge in [0.1, 0.15) is 5.82 Å². The van der Waals surface area contributed by atoms with Gasteiger partial charge in [-0.2, -0.15) is 4.98 Å². The molecular weight excluding hydrogens is 358 g/mol. The van der Waals surface area contributed by atoms with Gasteiger partial charge < -0.3 is 15.1 Å². The molecule has 0 spiro atoms. The van der Waals surface area contributed by atoms with Gasteiger partial charge in [-0.15, -0.1) is 0 Å². The monoisotopic (exact) mass is 387 g/mol. The Morgan fingerprint density at radius 3 is 2.38 bits per heavy atom. The van der Waals surface area contributed by atoms with Crippen LogP contribution in [0, 0.1) is 5.92 Å². The van der Waals surface area contributed by atoms with Gasteiger partial charge in [-0.05, 0) is 61.1 Å². The third-order valence-electron chi connectivity index (χ3n) is 5.56. The van der Waals surface area contributed by atoms with E-state index in [2.05, 4.69) is 74.7 Å². The van der Waals surface area contributed by atoms with E-state index in [9.17, 15) is 0 Å². The van der Waals surface area contributed by atoms with Crippen molar-refractivity contribution >= 4 is 23.1 Å². The van der Waals surface area contributed by atoms with Crippen molar-refractivity contribution < 1.29 is 0 Å². The molecule has 5 nitrogen and oxygen atoms in total. The molecule has 1 aliphatic rings. The Labute approximate surface area is 173 Å². The molecule has 0 saturated carbocycles. The highest BCUT2D eigenvalue weighted by Gasteiger charge is 2.21. The molecule has 29 heavy (non-hydrogen) atoms. The molecule has 150 valence electrons. The summed E-state index contributed by atoms with van der Waals surface area (Å²) in [5.41, 5.74) is 3.65. The zero-order valence-corrected chi connectivity index (χ0v) is 17.3. The number of rotatable bonds is 6. The first kappa shape index (κ1) is 19.2. The number of anilines is 4. The van der Waals surface area contributed by atoms with E-state index in [4.69, 9.17) is 4.98 Å². The van der Waals surface area contributed by atoms with Gasteiger partial charge >= 0.3 is 0 Å². The van der Waals surface area contributed by atoms with Crippen LogP contribution >= 0.6 is 0 Å². The number of aromatic nitrogens is 2. The maximum atomic E-state index is 4.75. The Morgan fingerprint density at radius 1 is 0.966 bits per heavy atom. The molecule has 0 radical (unpaired) electrons. The van der Waals surface area contributed by atoms with Crippen LogP contribution in [-0.2, 0) is 6.42 Å². The third-order valence-corrected chi connectivity index (χ3v) is 5.56. The van der Waals surface area contributed by atoms with Crippen molar-refractivity contribution in [3.05, 3.63) is 72.4 Å². The van der Waals surface area contributed by atoms with E-state index in [1.54, 1.807) is 0 Å². The predicted octanol–water partition coefficient (Wildman–Crippen LogP) is 4.75. The van der Waals surface area contributed by atoms with Crippen LogP contribution in [0.25, 0.3) is 0 Å². The van der Waals surface area contributed by atoms with Gasteiger partial charge in [-0.1, -0.05) is 30.3 Å². The molecule has 0 aliphatic carbocycles. The zero-order chi connectivity index (χ0) is 20.1. The molecule has 5 heteroatoms. The Morgan fingerprint density at radius 2 is 1.69 bits per heavy atom. The van der Waals surface area contributed by atoms with Crippen molar-refractivity contribution in [1.29, 1.82) is 0 Å². The third kappa shape index (κ3) is 5.05. The highest BCUT2D eigenvalue weighted by molar-refractivity contribution is 5.61. The summed E-state index contributed by atoms with van der Waals surface area (Å²) in [7, 11) is 4.09. The maximum absolute atomic E-state index is 4.75. The van der Waals surface area contributed by atoms with Gasteiger partial charge in [0, 0.05) is 44.8 Å². The molecule has 3 aromatic rings. The SMILES string of the molecule is CN(C)c1ccc(Nc2ccnc(N3CCC(Cc4ccccc4)CC3)n2)cc1. The molecule has 1 aliphatic heterocycles. The topological polar surface area (TPSA) is 44.3 Å². The highest BCUT2D eigenvalue weighted by Crippen LogP contribution is 2.25. The van der Waals surface area contributed by atoms with Crippen LogP contribution in [0.3, 0.4) is 0 Å². The van der Waals surface area contributed by atoms with Gasteiger partial charge in [0.2, 0.25) is 5.95 Å². The lowest BCUT2D eigenvalue weighted by Gasteiger charge is -2.32. The van der Waals surface area contributed by atoms with E-state index in [1.165, 1.54) is 30.5 Å². The summed E-state index contributed by atoms with van der Waals surface area (Å²) in [6.07, 6.45) is 5.37. The first-order valence-electron chi connectivity index (χ1n) is 10.3. The molecule has 0 amide bonds. The second-order valence-electron chi connectivity index (χ2n) is 7.93. The minimum atomic E-state index is 0.741. The van der Waals surface area contributed by atoms with Crippen LogP contribution in [0.5, 0.6) is 0 Å². The molecule has 1 saturated heterocycles. The first-order chi connectivity index (χ1) is 14.2. The van der Waals surface area contributed by atoms with Crippen LogP contribution < -0.4 is 15.1 Å². The molecule has 1 aromatic heterocycles. The summed E-state index contributed by atoms with van der Waals surface area (Å²) >= 11 is 0. The molecule has 1 N–H and O–H groups in total. The Bertz CT molecular complexity index is 900. The van der Waals surface area contributed by atoms with Gasteiger partial charge in [0.05, 0.1) is 0 Å². The largest absolute Gasteiger partial charge is 0.378 e. The normalized spacial score (nSPS) is 14.6. The number of nitrogens with zero attached hydrogens (tertiary/aromatic N) is 4. The average Bonchev–Trinajstić information content (AvgIpc) is 2.76. The molecule has 0 bridgehead atoms. The van der Waals surface area contributed by atoms with Crippen molar-refractivity contribution in [3.8, 4) is 0 Å². The quantitative estimate of drug-likeness (QED) is 0.661. The molecule has 2 heterocycles. The van der Waals surface area contributed by atoms with Gasteiger partial charge in [0.25, 0.3) is 0 Å². The summed E-state index contributed by atoms with van der Waals surface area (Å²) in [6.45, 7) is 2.02. The fraction of sp³-hybridized carbons (Fsp3) is 0.333. The second kappa shape index (κ2) is 8.95. The summed E-state index contributed by atoms with van der Waals surface area (Å²) in [5.74, 6) is 2.39. The van der Waals surface area contributed by atoms with E-state index in [1.807, 2.05) is 26.4 Å². The standard InChI is InChI=1S/C24H29N5/c1-28(2)22-10-8-21(9-11-22)26-23-12-15-25-24(27-23)29-16-13-20(14-17-29)18-19-6-4-3-5-7-19/h3-12,15,20H,13-14,16-18H2,1-2H3,(H,25,26,27). The molecule has 0 atom stereocenters. The predicted molar refractivity (Wildman–Crippen MR) is 121 cm³/mol. The van der Waals surface area contributed by atoms with Crippen LogP contribution in [0.4, 0.5) is 23.1 Å². The summed E-state index contributed by atoms with van der Waals surface area (Å²) in [4.78, 5) is 13.7. The minimum absolute atomic E-state index is 0.741. The number of piperidine rings is 1. The lowest BCUT2D eigenvalue weighted by Crippen LogP contribution is -2.35. The van der Waals surface area contributed by atoms with Crippen LogP contribution in [0.2, 0.25) is 0 Å². The minimum Gasteiger partial charge on any atom is -0.378 e. The smallest absolute Gasteiger partial charge is 0.227 e. The fourth-order valence-corrected chi connectivity index (χ4v) is 3.85. The lowest BCUT2D eigenvalue weighted by molar-refractivity contribution is 0.400. The Balaban J connectivity index is 1.35. The van der Waals surface area contributed by atoms with Gasteiger partial charge in [-0.25, -0.2) is 4.98 Å². The molecule has 4 rings (SSSR count). The van der Waals surface area contributed by atoms with Gasteiger partial charge in [0.15, 0.2) is 0 Å². The molecule has 2 aromatic carbocycles. The van der Waals surface area contributed by atoms with Gasteiger partial charge in [-0.3, -0.25) is 0 Å². The Kier molecular flexibility index (Phi) is 5.94. The van der Waals surface area contributed by atoms with Crippen molar-refractivity contribution in [1.82, 2.24) is 9.97 Å². The summed E-state index contributed by atoms with van der Waals surface area (Å²) in [5, 5.41) is 3.39. The lowest BCUT2D eigenvalue weighted by atomic mass is 9.90. The van der Waals surface area contributed by atoms with Crippen LogP contribution in [-0.4, -0.2) is 37.2 Å². The Hall–Kier alpha value is -3.08. The highest BCUT2D eigenvalue weighted by atomic mass is 15.3. The number of hydrogen-bond donors (Lipinski definition) is 1. The zero-order valence-electron chi connectivity index (χ0n) is 17.3. The van der Waals surface area contributed by atoms with Crippen LogP contribution in [0.15, 0.2) is 66.9 Å². The van der Waals surface area contributed by atoms with Crippen molar-refractivity contribution in [2.24, 2.45) is 5.92 Å². The van der Waals surface area contributed by atoms with E-state index in [0.29, 0.717) is 0 Å². The summed E-state index contributed by atoms with van der Waals surface area (Å²) in [6, 6.07) is 21.1. The van der Waals surface area contributed by atoms with E-state index >= 15 is 0 Å². The average molecular weight is 388 g/mol. The number of hydrogen-bond acceptors (Lipinski definition) is 5. The van der Waals surface area contributed by atoms with Crippen molar-refractivity contribution in [2.75, 3.05) is 42.3 Å². The van der Waals surface area contributed by atoms with Crippen molar-refractivity contribution in [3.63, 3.8) is 0 Å². The number of nitrogens with one attached hydrogen (secondary N) is 1. The van der Waals surface area contributed by atoms with E-state index in [-0.39, 0.29) is 0 Å². The molecular formula is C24H29N5. The number of benzene rings is 2. The first-order valence-corrected chi connectivity index (χ1v) is 10.3. The van der Waals surface area contributed by atoms with Crippen LogP contribution in [0.1, 0.15) is 18.4 Å². The van der Waals surface area contributed by atoms with E-state index in [0.717, 1.165) is 36.5 Å². The summed E-state index contributed by atoms with van der Waals surface area (Å²) < 4.78 is 0. The maximum Gasteiger partial charge on any atom is 0.227 e. The molecule has 0 unspecified atom stereocenters. The fourth-order valence-electron chi connectivity index (χ4n) is 3.85. The van der Waals surface area contributed by atoms with E-state index < -0.39 is 0 Å².